The zero-order chi connectivity index (χ0) is 9.35. The van der Waals surface area contributed by atoms with E-state index in [0.29, 0.717) is 0 Å². The standard InChI is InChI=1S/C8H15N3O/c1-6-4-10-11(3)7(6)8(2,9)5-12/h4,12H,5,9H2,1-3H3. The molecule has 1 aromatic rings. The molecule has 0 fully saturated rings. The Hall–Kier alpha value is -0.870. The van der Waals surface area contributed by atoms with Gasteiger partial charge in [0.2, 0.25) is 0 Å². The number of nitrogens with zero attached hydrogens (tertiary/aromatic N) is 2. The van der Waals surface area contributed by atoms with Gasteiger partial charge in [-0.3, -0.25) is 4.68 Å². The Morgan fingerprint density at radius 2 is 2.33 bits per heavy atom. The molecule has 1 rings (SSSR count). The first kappa shape index (κ1) is 9.22. The van der Waals surface area contributed by atoms with Crippen LogP contribution in [0.15, 0.2) is 6.20 Å². The maximum Gasteiger partial charge on any atom is 0.0788 e. The van der Waals surface area contributed by atoms with E-state index in [1.807, 2.05) is 14.0 Å². The Kier molecular flexibility index (Phi) is 2.21. The van der Waals surface area contributed by atoms with Crippen molar-refractivity contribution in [2.24, 2.45) is 12.8 Å². The molecule has 4 heteroatoms. The van der Waals surface area contributed by atoms with E-state index in [2.05, 4.69) is 5.10 Å². The van der Waals surface area contributed by atoms with Crippen LogP contribution in [0, 0.1) is 6.92 Å². The molecule has 68 valence electrons. The lowest BCUT2D eigenvalue weighted by atomic mass is 9.97. The number of aryl methyl sites for hydroxylation is 2. The Balaban J connectivity index is 3.17. The molecular weight excluding hydrogens is 154 g/mol. The van der Waals surface area contributed by atoms with E-state index in [1.165, 1.54) is 0 Å². The molecule has 3 N–H and O–H groups in total. The number of aliphatic hydroxyl groups excluding tert-OH is 1. The molecule has 1 atom stereocenters. The Morgan fingerprint density at radius 3 is 2.67 bits per heavy atom. The van der Waals surface area contributed by atoms with E-state index in [9.17, 15) is 0 Å². The number of aliphatic hydroxyl groups is 1. The van der Waals surface area contributed by atoms with Crippen molar-refractivity contribution < 1.29 is 5.11 Å². The molecule has 0 amide bonds. The van der Waals surface area contributed by atoms with Crippen LogP contribution in [0.1, 0.15) is 18.2 Å². The number of rotatable bonds is 2. The van der Waals surface area contributed by atoms with E-state index in [1.54, 1.807) is 17.8 Å². The van der Waals surface area contributed by atoms with E-state index < -0.39 is 5.54 Å². The van der Waals surface area contributed by atoms with Crippen LogP contribution < -0.4 is 5.73 Å². The lowest BCUT2D eigenvalue weighted by molar-refractivity contribution is 0.202. The molecule has 12 heavy (non-hydrogen) atoms. The molecule has 1 heterocycles. The SMILES string of the molecule is Cc1cnn(C)c1C(C)(N)CO. The van der Waals surface area contributed by atoms with Crippen molar-refractivity contribution in [3.8, 4) is 0 Å². The quantitative estimate of drug-likeness (QED) is 0.649. The summed E-state index contributed by atoms with van der Waals surface area (Å²) in [6.07, 6.45) is 1.75. The van der Waals surface area contributed by atoms with Gasteiger partial charge < -0.3 is 10.8 Å². The highest BCUT2D eigenvalue weighted by Crippen LogP contribution is 2.19. The summed E-state index contributed by atoms with van der Waals surface area (Å²) in [5.74, 6) is 0. The van der Waals surface area contributed by atoms with E-state index in [4.69, 9.17) is 10.8 Å². The number of hydrogen-bond acceptors (Lipinski definition) is 3. The van der Waals surface area contributed by atoms with E-state index >= 15 is 0 Å². The fourth-order valence-electron chi connectivity index (χ4n) is 1.44. The van der Waals surface area contributed by atoms with Gasteiger partial charge in [0.1, 0.15) is 0 Å². The number of nitrogens with two attached hydrogens (primary N) is 1. The first-order chi connectivity index (χ1) is 5.49. The zero-order valence-corrected chi connectivity index (χ0v) is 7.70. The van der Waals surface area contributed by atoms with Crippen LogP contribution in [0.2, 0.25) is 0 Å². The van der Waals surface area contributed by atoms with Crippen molar-refractivity contribution in [1.82, 2.24) is 9.78 Å². The average molecular weight is 169 g/mol. The van der Waals surface area contributed by atoms with Gasteiger partial charge in [0.15, 0.2) is 0 Å². The largest absolute Gasteiger partial charge is 0.394 e. The highest BCUT2D eigenvalue weighted by atomic mass is 16.3. The van der Waals surface area contributed by atoms with Crippen LogP contribution in [-0.4, -0.2) is 21.5 Å². The summed E-state index contributed by atoms with van der Waals surface area (Å²) in [7, 11) is 1.82. The van der Waals surface area contributed by atoms with Crippen molar-refractivity contribution in [1.29, 1.82) is 0 Å². The topological polar surface area (TPSA) is 64.1 Å². The molecule has 0 aliphatic heterocycles. The molecule has 1 unspecified atom stereocenters. The van der Waals surface area contributed by atoms with Gasteiger partial charge >= 0.3 is 0 Å². The Bertz CT molecular complexity index is 258. The van der Waals surface area contributed by atoms with Gasteiger partial charge in [-0.25, -0.2) is 0 Å². The molecule has 0 bridgehead atoms. The summed E-state index contributed by atoms with van der Waals surface area (Å²) >= 11 is 0. The molecule has 0 spiro atoms. The minimum absolute atomic E-state index is 0.0760. The van der Waals surface area contributed by atoms with Gasteiger partial charge in [0.05, 0.1) is 24.0 Å². The molecular formula is C8H15N3O. The van der Waals surface area contributed by atoms with Crippen LogP contribution in [0.4, 0.5) is 0 Å². The van der Waals surface area contributed by atoms with Crippen molar-refractivity contribution in [3.63, 3.8) is 0 Å². The maximum absolute atomic E-state index is 9.05. The zero-order valence-electron chi connectivity index (χ0n) is 7.70. The van der Waals surface area contributed by atoms with Gasteiger partial charge in [-0.2, -0.15) is 5.10 Å². The normalized spacial score (nSPS) is 16.1. The van der Waals surface area contributed by atoms with Crippen LogP contribution in [0.3, 0.4) is 0 Å². The Labute approximate surface area is 72.0 Å². The van der Waals surface area contributed by atoms with Gasteiger partial charge in [-0.15, -0.1) is 0 Å². The Morgan fingerprint density at radius 1 is 1.75 bits per heavy atom. The van der Waals surface area contributed by atoms with Crippen molar-refractivity contribution in [3.05, 3.63) is 17.5 Å². The summed E-state index contributed by atoms with van der Waals surface area (Å²) in [5.41, 5.74) is 7.06. The fraction of sp³-hybridized carbons (Fsp3) is 0.625. The molecule has 0 aliphatic rings. The minimum atomic E-state index is -0.699. The maximum atomic E-state index is 9.05. The molecule has 0 radical (unpaired) electrons. The van der Waals surface area contributed by atoms with Crippen LogP contribution in [-0.2, 0) is 12.6 Å². The summed E-state index contributed by atoms with van der Waals surface area (Å²) in [6, 6.07) is 0. The minimum Gasteiger partial charge on any atom is -0.394 e. The smallest absolute Gasteiger partial charge is 0.0788 e. The monoisotopic (exact) mass is 169 g/mol. The lowest BCUT2D eigenvalue weighted by Gasteiger charge is -2.22. The van der Waals surface area contributed by atoms with Gasteiger partial charge in [0, 0.05) is 7.05 Å². The van der Waals surface area contributed by atoms with Gasteiger partial charge in [-0.1, -0.05) is 0 Å². The van der Waals surface area contributed by atoms with Crippen LogP contribution in [0.25, 0.3) is 0 Å². The van der Waals surface area contributed by atoms with Gasteiger partial charge in [-0.05, 0) is 19.4 Å². The lowest BCUT2D eigenvalue weighted by Crippen LogP contribution is -2.39. The number of aromatic nitrogens is 2. The molecule has 0 aliphatic carbocycles. The third-order valence-corrected chi connectivity index (χ3v) is 1.99. The summed E-state index contributed by atoms with van der Waals surface area (Å²) in [5, 5.41) is 13.1. The van der Waals surface area contributed by atoms with E-state index in [-0.39, 0.29) is 6.61 Å². The molecule has 0 saturated heterocycles. The van der Waals surface area contributed by atoms with Crippen LogP contribution >= 0.6 is 0 Å². The molecule has 0 aromatic carbocycles. The second kappa shape index (κ2) is 2.88. The van der Waals surface area contributed by atoms with Gasteiger partial charge in [0.25, 0.3) is 0 Å². The first-order valence-corrected chi connectivity index (χ1v) is 3.88. The third kappa shape index (κ3) is 1.35. The van der Waals surface area contributed by atoms with E-state index in [0.717, 1.165) is 11.3 Å². The first-order valence-electron chi connectivity index (χ1n) is 3.88. The summed E-state index contributed by atoms with van der Waals surface area (Å²) in [6.45, 7) is 3.65. The second-order valence-corrected chi connectivity index (χ2v) is 3.38. The van der Waals surface area contributed by atoms with Crippen LogP contribution in [0.5, 0.6) is 0 Å². The fourth-order valence-corrected chi connectivity index (χ4v) is 1.44. The molecule has 4 nitrogen and oxygen atoms in total. The highest BCUT2D eigenvalue weighted by molar-refractivity contribution is 5.23. The summed E-state index contributed by atoms with van der Waals surface area (Å²) in [4.78, 5) is 0. The van der Waals surface area contributed by atoms with Crippen molar-refractivity contribution in [2.75, 3.05) is 6.61 Å². The highest BCUT2D eigenvalue weighted by Gasteiger charge is 2.25. The average Bonchev–Trinajstić information content (AvgIpc) is 2.31. The second-order valence-electron chi connectivity index (χ2n) is 3.38. The summed E-state index contributed by atoms with van der Waals surface area (Å²) < 4.78 is 1.70. The van der Waals surface area contributed by atoms with Crippen molar-refractivity contribution in [2.45, 2.75) is 19.4 Å². The molecule has 1 aromatic heterocycles. The molecule has 0 saturated carbocycles. The third-order valence-electron chi connectivity index (χ3n) is 1.99. The number of hydrogen-bond donors (Lipinski definition) is 2. The predicted molar refractivity (Wildman–Crippen MR) is 46.6 cm³/mol. The van der Waals surface area contributed by atoms with Crippen molar-refractivity contribution >= 4 is 0 Å². The predicted octanol–water partition coefficient (Wildman–Crippen LogP) is -0.105.